The molecule has 1 aliphatic heterocycles. The molecule has 0 bridgehead atoms. The zero-order chi connectivity index (χ0) is 21.4. The van der Waals surface area contributed by atoms with Crippen molar-refractivity contribution in [1.82, 2.24) is 5.32 Å². The monoisotopic (exact) mass is 444 g/mol. The van der Waals surface area contributed by atoms with E-state index in [1.54, 1.807) is 12.1 Å². The van der Waals surface area contributed by atoms with E-state index in [0.29, 0.717) is 16.3 Å². The number of benzene rings is 2. The zero-order valence-corrected chi connectivity index (χ0v) is 16.5. The lowest BCUT2D eigenvalue weighted by Crippen LogP contribution is -2.54. The summed E-state index contributed by atoms with van der Waals surface area (Å²) in [6.45, 7) is 0. The summed E-state index contributed by atoms with van der Waals surface area (Å²) in [6.07, 6.45) is 1.20. The number of carbonyl (C=O) groups is 3. The molecular weight excluding hydrogens is 434 g/mol. The molecule has 1 fully saturated rings. The summed E-state index contributed by atoms with van der Waals surface area (Å²) >= 11 is 12.0. The molecule has 1 N–H and O–H groups in total. The van der Waals surface area contributed by atoms with Gasteiger partial charge in [-0.2, -0.15) is 0 Å². The molecule has 0 aliphatic carbocycles. The van der Waals surface area contributed by atoms with E-state index in [-0.39, 0.29) is 22.0 Å². The molecule has 1 aromatic heterocycles. The number of imide groups is 2. The van der Waals surface area contributed by atoms with Crippen molar-refractivity contribution in [2.24, 2.45) is 0 Å². The standard InChI is InChI=1S/C21H11Cl2FN2O4/c22-12-4-6-17(16(23)9-12)26-20(28)15(19(27)25-21(26)29)10-14-5-7-18(30-14)11-2-1-3-13(24)8-11/h1-10H,(H,25,27,29)/b15-10+. The topological polar surface area (TPSA) is 79.6 Å². The number of hydrogen-bond donors (Lipinski definition) is 1. The predicted octanol–water partition coefficient (Wildman–Crippen LogP) is 5.06. The average Bonchev–Trinajstić information content (AvgIpc) is 3.15. The number of carbonyl (C=O) groups excluding carboxylic acids is 3. The van der Waals surface area contributed by atoms with Crippen LogP contribution in [0.5, 0.6) is 0 Å². The summed E-state index contributed by atoms with van der Waals surface area (Å²) in [7, 11) is 0. The van der Waals surface area contributed by atoms with E-state index in [1.807, 2.05) is 0 Å². The minimum absolute atomic E-state index is 0.0612. The molecule has 6 nitrogen and oxygen atoms in total. The second kappa shape index (κ2) is 7.78. The predicted molar refractivity (Wildman–Crippen MR) is 110 cm³/mol. The second-order valence-corrected chi connectivity index (χ2v) is 7.11. The van der Waals surface area contributed by atoms with Gasteiger partial charge in [-0.15, -0.1) is 0 Å². The Labute approximate surface area is 179 Å². The van der Waals surface area contributed by atoms with Crippen LogP contribution in [0.2, 0.25) is 10.0 Å². The Hall–Kier alpha value is -3.42. The lowest BCUT2D eigenvalue weighted by atomic mass is 10.1. The number of urea groups is 1. The van der Waals surface area contributed by atoms with Crippen molar-refractivity contribution in [1.29, 1.82) is 0 Å². The van der Waals surface area contributed by atoms with Crippen LogP contribution in [0.3, 0.4) is 0 Å². The Kier molecular flexibility index (Phi) is 5.15. The summed E-state index contributed by atoms with van der Waals surface area (Å²) in [6, 6.07) is 12.1. The summed E-state index contributed by atoms with van der Waals surface area (Å²) in [5, 5.41) is 2.47. The highest BCUT2D eigenvalue weighted by Crippen LogP contribution is 2.32. The lowest BCUT2D eigenvalue weighted by molar-refractivity contribution is -0.122. The lowest BCUT2D eigenvalue weighted by Gasteiger charge is -2.26. The van der Waals surface area contributed by atoms with Gasteiger partial charge in [0.1, 0.15) is 22.9 Å². The van der Waals surface area contributed by atoms with Crippen molar-refractivity contribution in [2.75, 3.05) is 4.90 Å². The van der Waals surface area contributed by atoms with Crippen molar-refractivity contribution in [3.8, 4) is 11.3 Å². The fraction of sp³-hybridized carbons (Fsp3) is 0. The number of barbiturate groups is 1. The minimum Gasteiger partial charge on any atom is -0.457 e. The van der Waals surface area contributed by atoms with E-state index < -0.39 is 23.7 Å². The van der Waals surface area contributed by atoms with Crippen LogP contribution in [-0.4, -0.2) is 17.8 Å². The molecular formula is C21H11Cl2FN2O4. The van der Waals surface area contributed by atoms with Gasteiger partial charge in [0.05, 0.1) is 10.7 Å². The van der Waals surface area contributed by atoms with Crippen LogP contribution in [-0.2, 0) is 9.59 Å². The summed E-state index contributed by atoms with van der Waals surface area (Å²) in [5.41, 5.74) is 0.228. The highest BCUT2D eigenvalue weighted by Gasteiger charge is 2.38. The number of nitrogens with one attached hydrogen (secondary N) is 1. The first-order valence-corrected chi connectivity index (χ1v) is 9.31. The molecule has 1 saturated heterocycles. The van der Waals surface area contributed by atoms with Crippen LogP contribution in [0, 0.1) is 5.82 Å². The summed E-state index contributed by atoms with van der Waals surface area (Å²) in [5.74, 6) is -1.67. The highest BCUT2D eigenvalue weighted by molar-refractivity contribution is 6.42. The van der Waals surface area contributed by atoms with Gasteiger partial charge < -0.3 is 4.42 Å². The Morgan fingerprint density at radius 3 is 2.53 bits per heavy atom. The Morgan fingerprint density at radius 2 is 1.80 bits per heavy atom. The van der Waals surface area contributed by atoms with E-state index in [9.17, 15) is 18.8 Å². The number of anilines is 1. The molecule has 30 heavy (non-hydrogen) atoms. The molecule has 4 rings (SSSR count). The molecule has 150 valence electrons. The van der Waals surface area contributed by atoms with Crippen LogP contribution in [0.15, 0.2) is 64.6 Å². The largest absolute Gasteiger partial charge is 0.457 e. The molecule has 2 heterocycles. The first kappa shape index (κ1) is 19.9. The van der Waals surface area contributed by atoms with Crippen LogP contribution in [0.25, 0.3) is 17.4 Å². The third kappa shape index (κ3) is 3.72. The molecule has 9 heteroatoms. The van der Waals surface area contributed by atoms with Gasteiger partial charge in [-0.25, -0.2) is 14.1 Å². The maximum atomic E-state index is 13.4. The Balaban J connectivity index is 1.70. The quantitative estimate of drug-likeness (QED) is 0.452. The van der Waals surface area contributed by atoms with Gasteiger partial charge in [0.15, 0.2) is 0 Å². The van der Waals surface area contributed by atoms with Crippen molar-refractivity contribution < 1.29 is 23.2 Å². The molecule has 2 aromatic carbocycles. The van der Waals surface area contributed by atoms with E-state index in [2.05, 4.69) is 5.32 Å². The molecule has 4 amide bonds. The maximum absolute atomic E-state index is 13.4. The maximum Gasteiger partial charge on any atom is 0.335 e. The van der Waals surface area contributed by atoms with Crippen LogP contribution in [0.1, 0.15) is 5.76 Å². The Morgan fingerprint density at radius 1 is 1.00 bits per heavy atom. The summed E-state index contributed by atoms with van der Waals surface area (Å²) in [4.78, 5) is 38.2. The number of nitrogens with zero attached hydrogens (tertiary/aromatic N) is 1. The van der Waals surface area contributed by atoms with Gasteiger partial charge >= 0.3 is 6.03 Å². The van der Waals surface area contributed by atoms with Gasteiger partial charge in [-0.3, -0.25) is 14.9 Å². The van der Waals surface area contributed by atoms with Crippen molar-refractivity contribution >= 4 is 52.8 Å². The third-order valence-electron chi connectivity index (χ3n) is 4.27. The Bertz CT molecular complexity index is 1240. The third-order valence-corrected chi connectivity index (χ3v) is 4.81. The molecule has 0 saturated carbocycles. The fourth-order valence-corrected chi connectivity index (χ4v) is 3.40. The molecule has 3 aromatic rings. The van der Waals surface area contributed by atoms with Gasteiger partial charge in [-0.1, -0.05) is 35.3 Å². The van der Waals surface area contributed by atoms with Gasteiger partial charge in [0.2, 0.25) is 0 Å². The van der Waals surface area contributed by atoms with Crippen LogP contribution >= 0.6 is 23.2 Å². The number of rotatable bonds is 3. The molecule has 1 aliphatic rings. The van der Waals surface area contributed by atoms with Crippen molar-refractivity contribution in [3.05, 3.63) is 81.8 Å². The van der Waals surface area contributed by atoms with Crippen LogP contribution < -0.4 is 10.2 Å². The molecule has 0 radical (unpaired) electrons. The number of halogens is 3. The van der Waals surface area contributed by atoms with Gasteiger partial charge in [-0.05, 0) is 48.5 Å². The smallest absolute Gasteiger partial charge is 0.335 e. The molecule has 0 spiro atoms. The van der Waals surface area contributed by atoms with Crippen molar-refractivity contribution in [3.63, 3.8) is 0 Å². The summed E-state index contributed by atoms with van der Waals surface area (Å²) < 4.78 is 19.0. The first-order valence-electron chi connectivity index (χ1n) is 8.56. The fourth-order valence-electron chi connectivity index (χ4n) is 2.91. The van der Waals surface area contributed by atoms with E-state index in [0.717, 1.165) is 4.90 Å². The van der Waals surface area contributed by atoms with Crippen LogP contribution in [0.4, 0.5) is 14.9 Å². The second-order valence-electron chi connectivity index (χ2n) is 6.27. The molecule has 0 unspecified atom stereocenters. The zero-order valence-electron chi connectivity index (χ0n) is 15.0. The first-order chi connectivity index (χ1) is 14.3. The molecule has 0 atom stereocenters. The average molecular weight is 445 g/mol. The van der Waals surface area contributed by atoms with E-state index in [1.165, 1.54) is 48.5 Å². The van der Waals surface area contributed by atoms with Gasteiger partial charge in [0, 0.05) is 10.6 Å². The SMILES string of the molecule is O=C1NC(=O)N(c2ccc(Cl)cc2Cl)C(=O)/C1=C/c1ccc(-c2cccc(F)c2)o1. The number of hydrogen-bond acceptors (Lipinski definition) is 4. The number of amides is 4. The van der Waals surface area contributed by atoms with E-state index >= 15 is 0 Å². The van der Waals surface area contributed by atoms with E-state index in [4.69, 9.17) is 27.6 Å². The normalized spacial score (nSPS) is 15.6. The highest BCUT2D eigenvalue weighted by atomic mass is 35.5. The number of furan rings is 1. The minimum atomic E-state index is -0.939. The van der Waals surface area contributed by atoms with Gasteiger partial charge in [0.25, 0.3) is 11.8 Å². The van der Waals surface area contributed by atoms with Crippen molar-refractivity contribution in [2.45, 2.75) is 0 Å².